The van der Waals surface area contributed by atoms with E-state index in [1.54, 1.807) is 6.33 Å². The molecule has 1 fully saturated rings. The van der Waals surface area contributed by atoms with Crippen LogP contribution in [0.15, 0.2) is 24.5 Å². The topological polar surface area (TPSA) is 80.7 Å². The molecule has 1 aliphatic carbocycles. The van der Waals surface area contributed by atoms with Crippen LogP contribution in [0.3, 0.4) is 0 Å². The Morgan fingerprint density at radius 2 is 2.25 bits per heavy atom. The quantitative estimate of drug-likeness (QED) is 0.723. The van der Waals surface area contributed by atoms with Crippen molar-refractivity contribution in [3.05, 3.63) is 30.1 Å². The smallest absolute Gasteiger partial charge is 0.0931 e. The van der Waals surface area contributed by atoms with Crippen molar-refractivity contribution in [3.63, 3.8) is 0 Å². The summed E-state index contributed by atoms with van der Waals surface area (Å²) in [5, 5.41) is 0. The van der Waals surface area contributed by atoms with Crippen molar-refractivity contribution in [2.45, 2.75) is 18.9 Å². The van der Waals surface area contributed by atoms with Crippen LogP contribution in [0.25, 0.3) is 11.0 Å². The highest BCUT2D eigenvalue weighted by atomic mass is 14.9. The zero-order chi connectivity index (χ0) is 11.2. The second-order valence-electron chi connectivity index (χ2n) is 4.72. The van der Waals surface area contributed by atoms with Gasteiger partial charge in [0.1, 0.15) is 0 Å². The van der Waals surface area contributed by atoms with Crippen LogP contribution in [-0.2, 0) is 0 Å². The van der Waals surface area contributed by atoms with E-state index in [9.17, 15) is 0 Å². The molecule has 3 rings (SSSR count). The SMILES string of the molecule is NCC1(C(N)c2ccc3nc[nH]c3c2)CC1. The lowest BCUT2D eigenvalue weighted by atomic mass is 9.91. The van der Waals surface area contributed by atoms with Crippen LogP contribution in [-0.4, -0.2) is 16.5 Å². The van der Waals surface area contributed by atoms with E-state index >= 15 is 0 Å². The molecule has 5 N–H and O–H groups in total. The number of nitrogens with zero attached hydrogens (tertiary/aromatic N) is 1. The monoisotopic (exact) mass is 216 g/mol. The van der Waals surface area contributed by atoms with Gasteiger partial charge in [-0.25, -0.2) is 4.98 Å². The molecule has 0 saturated heterocycles. The molecule has 0 aliphatic heterocycles. The Hall–Kier alpha value is -1.39. The molecule has 1 aromatic heterocycles. The van der Waals surface area contributed by atoms with Crippen LogP contribution >= 0.6 is 0 Å². The van der Waals surface area contributed by atoms with E-state index in [0.29, 0.717) is 6.54 Å². The molecule has 1 unspecified atom stereocenters. The van der Waals surface area contributed by atoms with E-state index in [4.69, 9.17) is 11.5 Å². The molecule has 84 valence electrons. The first-order valence-corrected chi connectivity index (χ1v) is 5.64. The van der Waals surface area contributed by atoms with Crippen LogP contribution in [0, 0.1) is 5.41 Å². The van der Waals surface area contributed by atoms with Gasteiger partial charge in [0.05, 0.1) is 17.4 Å². The molecule has 1 aromatic carbocycles. The number of nitrogens with two attached hydrogens (primary N) is 2. The fourth-order valence-electron chi connectivity index (χ4n) is 2.30. The Balaban J connectivity index is 1.99. The predicted octanol–water partition coefficient (Wildman–Crippen LogP) is 1.30. The summed E-state index contributed by atoms with van der Waals surface area (Å²) in [5.74, 6) is 0. The predicted molar refractivity (Wildman–Crippen MR) is 63.7 cm³/mol. The van der Waals surface area contributed by atoms with Crippen LogP contribution in [0.2, 0.25) is 0 Å². The summed E-state index contributed by atoms with van der Waals surface area (Å²) in [6.07, 6.45) is 3.99. The van der Waals surface area contributed by atoms with Crippen molar-refractivity contribution in [2.75, 3.05) is 6.54 Å². The van der Waals surface area contributed by atoms with Crippen molar-refractivity contribution in [1.29, 1.82) is 0 Å². The number of aromatic nitrogens is 2. The summed E-state index contributed by atoms with van der Waals surface area (Å²) in [6.45, 7) is 0.676. The number of benzene rings is 1. The fourth-order valence-corrected chi connectivity index (χ4v) is 2.30. The van der Waals surface area contributed by atoms with Gasteiger partial charge in [-0.3, -0.25) is 0 Å². The highest BCUT2D eigenvalue weighted by Crippen LogP contribution is 2.52. The molecular weight excluding hydrogens is 200 g/mol. The number of fused-ring (bicyclic) bond motifs is 1. The number of H-pyrrole nitrogens is 1. The van der Waals surface area contributed by atoms with E-state index in [1.807, 2.05) is 6.07 Å². The van der Waals surface area contributed by atoms with E-state index in [2.05, 4.69) is 22.1 Å². The van der Waals surface area contributed by atoms with Gasteiger partial charge in [-0.2, -0.15) is 0 Å². The van der Waals surface area contributed by atoms with Crippen molar-refractivity contribution in [2.24, 2.45) is 16.9 Å². The van der Waals surface area contributed by atoms with Gasteiger partial charge in [0.15, 0.2) is 0 Å². The summed E-state index contributed by atoms with van der Waals surface area (Å²) in [6, 6.07) is 6.20. The van der Waals surface area contributed by atoms with Gasteiger partial charge in [-0.1, -0.05) is 6.07 Å². The van der Waals surface area contributed by atoms with Gasteiger partial charge >= 0.3 is 0 Å². The van der Waals surface area contributed by atoms with E-state index in [0.717, 1.165) is 29.4 Å². The molecule has 1 heterocycles. The number of hydrogen-bond acceptors (Lipinski definition) is 3. The van der Waals surface area contributed by atoms with Gasteiger partial charge < -0.3 is 16.5 Å². The standard InChI is InChI=1S/C12H16N4/c13-6-12(3-4-12)11(14)8-1-2-9-10(5-8)16-7-15-9/h1-2,5,7,11H,3-4,6,13-14H2,(H,15,16). The number of rotatable bonds is 3. The molecule has 1 atom stereocenters. The van der Waals surface area contributed by atoms with Crippen LogP contribution in [0.5, 0.6) is 0 Å². The molecule has 1 saturated carbocycles. The average Bonchev–Trinajstić information content (AvgIpc) is 2.98. The average molecular weight is 216 g/mol. The molecule has 1 aliphatic rings. The first kappa shape index (κ1) is 9.81. The van der Waals surface area contributed by atoms with Crippen LogP contribution in [0.4, 0.5) is 0 Å². The Labute approximate surface area is 94.0 Å². The lowest BCUT2D eigenvalue weighted by molar-refractivity contribution is 0.419. The summed E-state index contributed by atoms with van der Waals surface area (Å²) < 4.78 is 0. The number of nitrogens with one attached hydrogen (secondary N) is 1. The van der Waals surface area contributed by atoms with Crippen LogP contribution < -0.4 is 11.5 Å². The van der Waals surface area contributed by atoms with Crippen LogP contribution in [0.1, 0.15) is 24.4 Å². The lowest BCUT2D eigenvalue weighted by Crippen LogP contribution is -2.29. The van der Waals surface area contributed by atoms with Crippen molar-refractivity contribution >= 4 is 11.0 Å². The third-order valence-electron chi connectivity index (χ3n) is 3.76. The largest absolute Gasteiger partial charge is 0.345 e. The summed E-state index contributed by atoms with van der Waals surface area (Å²) in [7, 11) is 0. The Kier molecular flexibility index (Phi) is 2.02. The Morgan fingerprint density at radius 3 is 2.94 bits per heavy atom. The molecule has 4 nitrogen and oxygen atoms in total. The molecule has 4 heteroatoms. The van der Waals surface area contributed by atoms with Gasteiger partial charge in [-0.05, 0) is 37.1 Å². The Bertz CT molecular complexity index is 512. The summed E-state index contributed by atoms with van der Waals surface area (Å²) >= 11 is 0. The minimum Gasteiger partial charge on any atom is -0.345 e. The van der Waals surface area contributed by atoms with Gasteiger partial charge in [-0.15, -0.1) is 0 Å². The van der Waals surface area contributed by atoms with Gasteiger partial charge in [0.25, 0.3) is 0 Å². The van der Waals surface area contributed by atoms with Crippen molar-refractivity contribution in [3.8, 4) is 0 Å². The molecule has 2 aromatic rings. The fraction of sp³-hybridized carbons (Fsp3) is 0.417. The normalized spacial score (nSPS) is 19.9. The van der Waals surface area contributed by atoms with Gasteiger partial charge in [0, 0.05) is 11.5 Å². The maximum absolute atomic E-state index is 6.29. The van der Waals surface area contributed by atoms with E-state index in [1.165, 1.54) is 0 Å². The third kappa shape index (κ3) is 1.34. The second-order valence-corrected chi connectivity index (χ2v) is 4.72. The summed E-state index contributed by atoms with van der Waals surface area (Å²) in [5.41, 5.74) is 15.4. The molecule has 0 bridgehead atoms. The number of imidazole rings is 1. The lowest BCUT2D eigenvalue weighted by Gasteiger charge is -2.21. The Morgan fingerprint density at radius 1 is 1.44 bits per heavy atom. The zero-order valence-corrected chi connectivity index (χ0v) is 9.11. The first-order chi connectivity index (χ1) is 7.75. The molecule has 0 spiro atoms. The minimum absolute atomic E-state index is 0.0465. The summed E-state index contributed by atoms with van der Waals surface area (Å²) in [4.78, 5) is 7.30. The van der Waals surface area contributed by atoms with Gasteiger partial charge in [0.2, 0.25) is 0 Å². The van der Waals surface area contributed by atoms with Crippen molar-refractivity contribution < 1.29 is 0 Å². The highest BCUT2D eigenvalue weighted by Gasteiger charge is 2.47. The highest BCUT2D eigenvalue weighted by molar-refractivity contribution is 5.75. The number of aromatic amines is 1. The zero-order valence-electron chi connectivity index (χ0n) is 9.11. The maximum Gasteiger partial charge on any atom is 0.0931 e. The molecular formula is C12H16N4. The van der Waals surface area contributed by atoms with Crippen molar-refractivity contribution in [1.82, 2.24) is 9.97 Å². The first-order valence-electron chi connectivity index (χ1n) is 5.64. The number of hydrogen-bond donors (Lipinski definition) is 3. The van der Waals surface area contributed by atoms with E-state index in [-0.39, 0.29) is 11.5 Å². The van der Waals surface area contributed by atoms with E-state index < -0.39 is 0 Å². The second kappa shape index (κ2) is 3.30. The molecule has 0 amide bonds. The molecule has 0 radical (unpaired) electrons. The third-order valence-corrected chi connectivity index (χ3v) is 3.76. The minimum atomic E-state index is 0.0465. The maximum atomic E-state index is 6.29. The molecule has 16 heavy (non-hydrogen) atoms.